The molecule has 7 heteroatoms. The summed E-state index contributed by atoms with van der Waals surface area (Å²) in [6.07, 6.45) is 9.37. The summed E-state index contributed by atoms with van der Waals surface area (Å²) in [5, 5.41) is 4.58. The summed E-state index contributed by atoms with van der Waals surface area (Å²) < 4.78 is 5.49. The second-order valence-corrected chi connectivity index (χ2v) is 9.02. The number of hydrogen-bond donors (Lipinski definition) is 2. The number of anilines is 2. The maximum Gasteiger partial charge on any atom is 0.252 e. The van der Waals surface area contributed by atoms with Crippen molar-refractivity contribution in [1.82, 2.24) is 15.0 Å². The molecule has 164 valence electrons. The van der Waals surface area contributed by atoms with Crippen LogP contribution in [0.1, 0.15) is 38.2 Å². The number of nitrogens with two attached hydrogens (primary N) is 1. The fraction of sp³-hybridized carbons (Fsp3) is 0.360. The average Bonchev–Trinajstić information content (AvgIpc) is 2.77. The van der Waals surface area contributed by atoms with Crippen molar-refractivity contribution in [3.05, 3.63) is 53.5 Å². The van der Waals surface area contributed by atoms with Crippen molar-refractivity contribution in [1.29, 1.82) is 0 Å². The Balaban J connectivity index is 1.38. The molecule has 1 saturated heterocycles. The van der Waals surface area contributed by atoms with Gasteiger partial charge in [-0.05, 0) is 74.1 Å². The zero-order valence-electron chi connectivity index (χ0n) is 18.4. The molecule has 2 aliphatic rings. The number of nitrogens with one attached hydrogen (secondary N) is 1. The molecule has 0 bridgehead atoms. The average molecular weight is 430 g/mol. The molecule has 0 aromatic carbocycles. The first-order valence-electron chi connectivity index (χ1n) is 11.0. The second kappa shape index (κ2) is 7.98. The van der Waals surface area contributed by atoms with Crippen LogP contribution in [0, 0.1) is 12.3 Å². The molecule has 32 heavy (non-hydrogen) atoms. The summed E-state index contributed by atoms with van der Waals surface area (Å²) in [6, 6.07) is 5.75. The number of amides is 1. The minimum atomic E-state index is -0.0980. The summed E-state index contributed by atoms with van der Waals surface area (Å²) in [5.74, 6) is 0.807. The monoisotopic (exact) mass is 429 g/mol. The van der Waals surface area contributed by atoms with Gasteiger partial charge < -0.3 is 15.8 Å². The number of nitrogen functional groups attached to an aromatic ring is 1. The Bertz CT molecular complexity index is 1230. The molecule has 0 radical (unpaired) electrons. The van der Waals surface area contributed by atoms with Gasteiger partial charge in [-0.3, -0.25) is 9.78 Å². The number of carbonyl (C=O) groups is 1. The minimum absolute atomic E-state index is 0.0980. The molecule has 1 amide bonds. The Kier molecular flexibility index (Phi) is 5.13. The van der Waals surface area contributed by atoms with Gasteiger partial charge in [-0.25, -0.2) is 9.97 Å². The van der Waals surface area contributed by atoms with Crippen LogP contribution < -0.4 is 11.1 Å². The fourth-order valence-electron chi connectivity index (χ4n) is 4.76. The van der Waals surface area contributed by atoms with Gasteiger partial charge in [0, 0.05) is 48.3 Å². The summed E-state index contributed by atoms with van der Waals surface area (Å²) in [4.78, 5) is 26.0. The zero-order valence-corrected chi connectivity index (χ0v) is 18.4. The predicted molar refractivity (Wildman–Crippen MR) is 125 cm³/mol. The van der Waals surface area contributed by atoms with Crippen LogP contribution >= 0.6 is 0 Å². The fourth-order valence-corrected chi connectivity index (χ4v) is 4.76. The number of ether oxygens (including phenoxy) is 1. The Morgan fingerprint density at radius 1 is 1.19 bits per heavy atom. The third-order valence-electron chi connectivity index (χ3n) is 6.90. The largest absolute Gasteiger partial charge is 0.383 e. The third kappa shape index (κ3) is 3.73. The van der Waals surface area contributed by atoms with Crippen molar-refractivity contribution in [2.45, 2.75) is 39.5 Å². The number of nitrogens with zero attached hydrogens (tertiary/aromatic N) is 3. The molecule has 0 atom stereocenters. The maximum atomic E-state index is 12.9. The van der Waals surface area contributed by atoms with Gasteiger partial charge in [0.15, 0.2) is 0 Å². The van der Waals surface area contributed by atoms with Gasteiger partial charge in [0.05, 0.1) is 5.69 Å². The van der Waals surface area contributed by atoms with Crippen molar-refractivity contribution >= 4 is 28.3 Å². The van der Waals surface area contributed by atoms with Gasteiger partial charge in [0.1, 0.15) is 11.6 Å². The van der Waals surface area contributed by atoms with Crippen LogP contribution in [-0.2, 0) is 9.53 Å². The summed E-state index contributed by atoms with van der Waals surface area (Å²) >= 11 is 0. The lowest BCUT2D eigenvalue weighted by molar-refractivity contribution is -0.113. The van der Waals surface area contributed by atoms with Crippen LogP contribution in [0.3, 0.4) is 0 Å². The third-order valence-corrected chi connectivity index (χ3v) is 6.90. The van der Waals surface area contributed by atoms with E-state index in [1.54, 1.807) is 18.6 Å². The molecule has 1 aliphatic heterocycles. The smallest absolute Gasteiger partial charge is 0.252 e. The van der Waals surface area contributed by atoms with E-state index >= 15 is 0 Å². The molecule has 3 aromatic heterocycles. The highest BCUT2D eigenvalue weighted by atomic mass is 16.5. The minimum Gasteiger partial charge on any atom is -0.383 e. The van der Waals surface area contributed by atoms with Crippen LogP contribution in [0.5, 0.6) is 0 Å². The van der Waals surface area contributed by atoms with Gasteiger partial charge >= 0.3 is 0 Å². The van der Waals surface area contributed by atoms with Gasteiger partial charge in [-0.2, -0.15) is 0 Å². The van der Waals surface area contributed by atoms with Crippen molar-refractivity contribution in [3.63, 3.8) is 0 Å². The number of aryl methyl sites for hydroxylation is 1. The topological polar surface area (TPSA) is 103 Å². The van der Waals surface area contributed by atoms with E-state index in [-0.39, 0.29) is 5.91 Å². The number of fused-ring (bicyclic) bond motifs is 1. The highest BCUT2D eigenvalue weighted by Gasteiger charge is 2.42. The molecule has 5 rings (SSSR count). The van der Waals surface area contributed by atoms with E-state index in [1.807, 2.05) is 32.0 Å². The number of rotatable bonds is 3. The lowest BCUT2D eigenvalue weighted by atomic mass is 9.60. The molecule has 4 heterocycles. The van der Waals surface area contributed by atoms with Crippen LogP contribution in [-0.4, -0.2) is 34.1 Å². The normalized spacial score (nSPS) is 17.2. The molecule has 1 spiro atoms. The van der Waals surface area contributed by atoms with E-state index in [9.17, 15) is 4.79 Å². The van der Waals surface area contributed by atoms with Crippen LogP contribution in [0.2, 0.25) is 0 Å². The maximum absolute atomic E-state index is 12.9. The van der Waals surface area contributed by atoms with Crippen molar-refractivity contribution in [2.75, 3.05) is 24.3 Å². The molecule has 1 aliphatic carbocycles. The predicted octanol–water partition coefficient (Wildman–Crippen LogP) is 4.43. The standard InChI is InChI=1S/C25H27N5O2/c1-15-3-6-27-13-19(15)21-9-17-10-22(28-14-20(17)23(26)29-21)30-24(31)16(2)18-11-25(12-18)4-7-32-8-5-25/h3,6,9-10,13-14H,4-5,7-8,11-12H2,1-2H3,(H2,26,29)(H,28,30,31). The SMILES string of the molecule is CC(C(=O)Nc1cc2cc(-c3cnccc3C)nc(N)c2cn1)=C1CC2(CCOCC2)C1. The van der Waals surface area contributed by atoms with Crippen LogP contribution in [0.15, 0.2) is 47.9 Å². The lowest BCUT2D eigenvalue weighted by Gasteiger charge is -2.47. The first kappa shape index (κ1) is 20.6. The van der Waals surface area contributed by atoms with Gasteiger partial charge in [-0.1, -0.05) is 5.57 Å². The number of aromatic nitrogens is 3. The number of allylic oxidation sites excluding steroid dienone is 1. The Labute approximate surface area is 187 Å². The summed E-state index contributed by atoms with van der Waals surface area (Å²) in [5.41, 5.74) is 11.3. The quantitative estimate of drug-likeness (QED) is 0.597. The Morgan fingerprint density at radius 2 is 1.97 bits per heavy atom. The zero-order chi connectivity index (χ0) is 22.3. The van der Waals surface area contributed by atoms with E-state index in [4.69, 9.17) is 10.5 Å². The van der Waals surface area contributed by atoms with E-state index in [0.29, 0.717) is 17.1 Å². The molecule has 2 fully saturated rings. The number of pyridine rings is 3. The first-order chi connectivity index (χ1) is 15.4. The van der Waals surface area contributed by atoms with Crippen molar-refractivity contribution < 1.29 is 9.53 Å². The van der Waals surface area contributed by atoms with Gasteiger partial charge in [0.25, 0.3) is 5.91 Å². The van der Waals surface area contributed by atoms with E-state index in [2.05, 4.69) is 20.3 Å². The highest BCUT2D eigenvalue weighted by Crippen LogP contribution is 2.52. The Hall–Kier alpha value is -3.32. The molecule has 3 aromatic rings. The van der Waals surface area contributed by atoms with Crippen molar-refractivity contribution in [2.24, 2.45) is 5.41 Å². The summed E-state index contributed by atoms with van der Waals surface area (Å²) in [6.45, 7) is 5.58. The second-order valence-electron chi connectivity index (χ2n) is 9.02. The van der Waals surface area contributed by atoms with E-state index in [1.165, 1.54) is 5.57 Å². The molecule has 1 saturated carbocycles. The molecular formula is C25H27N5O2. The van der Waals surface area contributed by atoms with E-state index in [0.717, 1.165) is 72.1 Å². The van der Waals surface area contributed by atoms with Crippen LogP contribution in [0.25, 0.3) is 22.0 Å². The van der Waals surface area contributed by atoms with Crippen molar-refractivity contribution in [3.8, 4) is 11.3 Å². The molecule has 0 unspecified atom stereocenters. The lowest BCUT2D eigenvalue weighted by Crippen LogP contribution is -2.38. The van der Waals surface area contributed by atoms with E-state index < -0.39 is 0 Å². The van der Waals surface area contributed by atoms with Crippen LogP contribution in [0.4, 0.5) is 11.6 Å². The van der Waals surface area contributed by atoms with Gasteiger partial charge in [-0.15, -0.1) is 0 Å². The molecule has 3 N–H and O–H groups in total. The number of hydrogen-bond acceptors (Lipinski definition) is 6. The molecule has 7 nitrogen and oxygen atoms in total. The number of carbonyl (C=O) groups excluding carboxylic acids is 1. The summed E-state index contributed by atoms with van der Waals surface area (Å²) in [7, 11) is 0. The highest BCUT2D eigenvalue weighted by molar-refractivity contribution is 6.04. The molecular weight excluding hydrogens is 402 g/mol. The first-order valence-corrected chi connectivity index (χ1v) is 11.0. The van der Waals surface area contributed by atoms with Gasteiger partial charge in [0.2, 0.25) is 0 Å². The Morgan fingerprint density at radius 3 is 2.72 bits per heavy atom.